The molecule has 1 atom stereocenters. The van der Waals surface area contributed by atoms with Crippen LogP contribution < -0.4 is 5.73 Å². The molecular weight excluding hydrogens is 166 g/mol. The van der Waals surface area contributed by atoms with E-state index in [2.05, 4.69) is 0 Å². The van der Waals surface area contributed by atoms with E-state index in [0.717, 1.165) is 19.1 Å². The standard InChI is InChI=1S/C10H21NO2/c1-9(5-4-7-12)13-8-6-10(2,3)11/h7,9H,4-6,8,11H2,1-3H3. The van der Waals surface area contributed by atoms with Crippen LogP contribution in [0, 0.1) is 0 Å². The van der Waals surface area contributed by atoms with Crippen molar-refractivity contribution < 1.29 is 9.53 Å². The van der Waals surface area contributed by atoms with E-state index >= 15 is 0 Å². The minimum atomic E-state index is -0.162. The fraction of sp³-hybridized carbons (Fsp3) is 0.900. The molecule has 0 amide bonds. The van der Waals surface area contributed by atoms with Crippen LogP contribution in [0.3, 0.4) is 0 Å². The Labute approximate surface area is 80.6 Å². The molecule has 78 valence electrons. The van der Waals surface area contributed by atoms with Gasteiger partial charge in [0, 0.05) is 18.6 Å². The van der Waals surface area contributed by atoms with Gasteiger partial charge in [0.1, 0.15) is 6.29 Å². The van der Waals surface area contributed by atoms with Crippen molar-refractivity contribution in [3.05, 3.63) is 0 Å². The molecule has 0 saturated heterocycles. The molecule has 0 saturated carbocycles. The molecule has 0 rings (SSSR count). The van der Waals surface area contributed by atoms with Gasteiger partial charge in [0.2, 0.25) is 0 Å². The van der Waals surface area contributed by atoms with Crippen molar-refractivity contribution in [2.75, 3.05) is 6.61 Å². The first-order valence-electron chi connectivity index (χ1n) is 4.80. The highest BCUT2D eigenvalue weighted by atomic mass is 16.5. The van der Waals surface area contributed by atoms with E-state index in [1.165, 1.54) is 0 Å². The number of hydrogen-bond acceptors (Lipinski definition) is 3. The van der Waals surface area contributed by atoms with Crippen LogP contribution in [0.1, 0.15) is 40.0 Å². The third kappa shape index (κ3) is 9.50. The lowest BCUT2D eigenvalue weighted by Crippen LogP contribution is -2.33. The fourth-order valence-electron chi connectivity index (χ4n) is 0.909. The third-order valence-corrected chi connectivity index (χ3v) is 1.84. The number of hydrogen-bond donors (Lipinski definition) is 1. The minimum absolute atomic E-state index is 0.160. The van der Waals surface area contributed by atoms with E-state index in [1.807, 2.05) is 20.8 Å². The van der Waals surface area contributed by atoms with Crippen molar-refractivity contribution in [2.24, 2.45) is 5.73 Å². The zero-order valence-corrected chi connectivity index (χ0v) is 8.88. The number of carbonyl (C=O) groups excluding carboxylic acids is 1. The Morgan fingerprint density at radius 2 is 2.15 bits per heavy atom. The number of rotatable bonds is 7. The van der Waals surface area contributed by atoms with E-state index in [-0.39, 0.29) is 11.6 Å². The summed E-state index contributed by atoms with van der Waals surface area (Å²) in [4.78, 5) is 10.1. The molecule has 0 radical (unpaired) electrons. The van der Waals surface area contributed by atoms with Crippen LogP contribution >= 0.6 is 0 Å². The molecule has 0 aromatic rings. The predicted octanol–water partition coefficient (Wildman–Crippen LogP) is 1.50. The maximum absolute atomic E-state index is 10.1. The molecular formula is C10H21NO2. The molecule has 13 heavy (non-hydrogen) atoms. The van der Waals surface area contributed by atoms with Gasteiger partial charge in [-0.1, -0.05) is 0 Å². The van der Waals surface area contributed by atoms with Crippen LogP contribution in [0.4, 0.5) is 0 Å². The summed E-state index contributed by atoms with van der Waals surface area (Å²) in [5, 5.41) is 0. The Hall–Kier alpha value is -0.410. The van der Waals surface area contributed by atoms with Crippen LogP contribution in [0.15, 0.2) is 0 Å². The lowest BCUT2D eigenvalue weighted by Gasteiger charge is -2.19. The van der Waals surface area contributed by atoms with Gasteiger partial charge in [-0.15, -0.1) is 0 Å². The van der Waals surface area contributed by atoms with Crippen molar-refractivity contribution in [1.82, 2.24) is 0 Å². The fourth-order valence-corrected chi connectivity index (χ4v) is 0.909. The van der Waals surface area contributed by atoms with Crippen LogP contribution in [0.5, 0.6) is 0 Å². The number of ether oxygens (including phenoxy) is 1. The molecule has 0 aliphatic heterocycles. The monoisotopic (exact) mass is 187 g/mol. The first-order chi connectivity index (χ1) is 5.95. The number of aldehydes is 1. The smallest absolute Gasteiger partial charge is 0.120 e. The van der Waals surface area contributed by atoms with E-state index in [0.29, 0.717) is 13.0 Å². The largest absolute Gasteiger partial charge is 0.378 e. The first kappa shape index (κ1) is 12.6. The summed E-state index contributed by atoms with van der Waals surface area (Å²) in [5.41, 5.74) is 5.62. The summed E-state index contributed by atoms with van der Waals surface area (Å²) >= 11 is 0. The maximum atomic E-state index is 10.1. The highest BCUT2D eigenvalue weighted by Gasteiger charge is 2.10. The summed E-state index contributed by atoms with van der Waals surface area (Å²) in [6, 6.07) is 0. The van der Waals surface area contributed by atoms with Crippen LogP contribution in [0.25, 0.3) is 0 Å². The molecule has 3 heteroatoms. The molecule has 3 nitrogen and oxygen atoms in total. The second kappa shape index (κ2) is 6.11. The molecule has 0 heterocycles. The van der Waals surface area contributed by atoms with E-state index in [9.17, 15) is 4.79 Å². The Kier molecular flexibility index (Phi) is 5.91. The van der Waals surface area contributed by atoms with Crippen molar-refractivity contribution in [3.8, 4) is 0 Å². The summed E-state index contributed by atoms with van der Waals surface area (Å²) in [7, 11) is 0. The van der Waals surface area contributed by atoms with Gasteiger partial charge in [0.15, 0.2) is 0 Å². The maximum Gasteiger partial charge on any atom is 0.120 e. The van der Waals surface area contributed by atoms with Gasteiger partial charge >= 0.3 is 0 Å². The Bertz CT molecular complexity index is 140. The average Bonchev–Trinajstić information content (AvgIpc) is 1.98. The highest BCUT2D eigenvalue weighted by Crippen LogP contribution is 2.06. The lowest BCUT2D eigenvalue weighted by atomic mass is 10.0. The van der Waals surface area contributed by atoms with Gasteiger partial charge in [-0.05, 0) is 33.6 Å². The third-order valence-electron chi connectivity index (χ3n) is 1.84. The van der Waals surface area contributed by atoms with Gasteiger partial charge in [0.05, 0.1) is 6.10 Å². The van der Waals surface area contributed by atoms with Gasteiger partial charge in [0.25, 0.3) is 0 Å². The predicted molar refractivity (Wildman–Crippen MR) is 53.6 cm³/mol. The Balaban J connectivity index is 3.36. The van der Waals surface area contributed by atoms with Crippen molar-refractivity contribution in [3.63, 3.8) is 0 Å². The van der Waals surface area contributed by atoms with Crippen molar-refractivity contribution in [2.45, 2.75) is 51.7 Å². The molecule has 2 N–H and O–H groups in total. The molecule has 0 fully saturated rings. The Morgan fingerprint density at radius 1 is 1.54 bits per heavy atom. The van der Waals surface area contributed by atoms with Crippen LogP contribution in [-0.2, 0) is 9.53 Å². The summed E-state index contributed by atoms with van der Waals surface area (Å²) in [5.74, 6) is 0. The van der Waals surface area contributed by atoms with Gasteiger partial charge in [-0.2, -0.15) is 0 Å². The van der Waals surface area contributed by atoms with E-state index in [4.69, 9.17) is 10.5 Å². The second-order valence-corrected chi connectivity index (χ2v) is 4.16. The molecule has 0 aromatic carbocycles. The SMILES string of the molecule is CC(CCC=O)OCCC(C)(C)N. The first-order valence-corrected chi connectivity index (χ1v) is 4.80. The number of carbonyl (C=O) groups is 1. The van der Waals surface area contributed by atoms with Gasteiger partial charge in [-0.25, -0.2) is 0 Å². The zero-order chi connectivity index (χ0) is 10.3. The van der Waals surface area contributed by atoms with Gasteiger partial charge in [-0.3, -0.25) is 0 Å². The van der Waals surface area contributed by atoms with E-state index < -0.39 is 0 Å². The highest BCUT2D eigenvalue weighted by molar-refractivity contribution is 5.49. The van der Waals surface area contributed by atoms with E-state index in [1.54, 1.807) is 0 Å². The molecule has 0 aliphatic rings. The summed E-state index contributed by atoms with van der Waals surface area (Å²) in [6.07, 6.45) is 3.31. The lowest BCUT2D eigenvalue weighted by molar-refractivity contribution is -0.108. The summed E-state index contributed by atoms with van der Waals surface area (Å²) < 4.78 is 5.48. The van der Waals surface area contributed by atoms with Crippen LogP contribution in [-0.4, -0.2) is 24.5 Å². The summed E-state index contributed by atoms with van der Waals surface area (Å²) in [6.45, 7) is 6.61. The van der Waals surface area contributed by atoms with Crippen molar-refractivity contribution in [1.29, 1.82) is 0 Å². The molecule has 0 aromatic heterocycles. The average molecular weight is 187 g/mol. The molecule has 0 aliphatic carbocycles. The molecule has 1 unspecified atom stereocenters. The number of nitrogens with two attached hydrogens (primary N) is 1. The quantitative estimate of drug-likeness (QED) is 0.614. The molecule has 0 spiro atoms. The Morgan fingerprint density at radius 3 is 2.62 bits per heavy atom. The van der Waals surface area contributed by atoms with Crippen molar-refractivity contribution >= 4 is 6.29 Å². The topological polar surface area (TPSA) is 52.3 Å². The zero-order valence-electron chi connectivity index (χ0n) is 8.88. The van der Waals surface area contributed by atoms with Gasteiger partial charge < -0.3 is 15.3 Å². The second-order valence-electron chi connectivity index (χ2n) is 4.16. The normalized spacial score (nSPS) is 14.2. The molecule has 0 bridgehead atoms. The van der Waals surface area contributed by atoms with Crippen LogP contribution in [0.2, 0.25) is 0 Å². The minimum Gasteiger partial charge on any atom is -0.378 e.